The van der Waals surface area contributed by atoms with Gasteiger partial charge in [0.05, 0.1) is 12.7 Å². The topological polar surface area (TPSA) is 9.23 Å². The Bertz CT molecular complexity index is 323. The van der Waals surface area contributed by atoms with Gasteiger partial charge in [-0.25, -0.2) is 4.39 Å². The lowest BCUT2D eigenvalue weighted by Gasteiger charge is -2.25. The number of rotatable bonds is 3. The van der Waals surface area contributed by atoms with E-state index >= 15 is 0 Å². The Kier molecular flexibility index (Phi) is 3.19. The molecule has 0 amide bonds. The number of ether oxygens (including phenoxy) is 1. The highest BCUT2D eigenvalue weighted by atomic mass is 79.9. The van der Waals surface area contributed by atoms with Crippen LogP contribution in [0.2, 0.25) is 0 Å². The van der Waals surface area contributed by atoms with Gasteiger partial charge in [0.15, 0.2) is 0 Å². The summed E-state index contributed by atoms with van der Waals surface area (Å²) < 4.78 is 19.6. The highest BCUT2D eigenvalue weighted by Crippen LogP contribution is 2.24. The predicted octanol–water partition coefficient (Wildman–Crippen LogP) is 3.66. The minimum atomic E-state index is -0.196. The van der Waals surface area contributed by atoms with Crippen molar-refractivity contribution in [3.63, 3.8) is 0 Å². The molecule has 14 heavy (non-hydrogen) atoms. The molecular formula is C11H12BrFO. The summed E-state index contributed by atoms with van der Waals surface area (Å²) in [4.78, 5) is 0. The smallest absolute Gasteiger partial charge is 0.129 e. The molecule has 2 rings (SSSR count). The van der Waals surface area contributed by atoms with E-state index in [9.17, 15) is 4.39 Å². The van der Waals surface area contributed by atoms with E-state index in [2.05, 4.69) is 15.9 Å². The third-order valence-corrected chi connectivity index (χ3v) is 3.04. The van der Waals surface area contributed by atoms with Gasteiger partial charge in [0.25, 0.3) is 0 Å². The van der Waals surface area contributed by atoms with Crippen molar-refractivity contribution in [1.82, 2.24) is 0 Å². The van der Waals surface area contributed by atoms with Crippen molar-refractivity contribution in [3.05, 3.63) is 34.1 Å². The summed E-state index contributed by atoms with van der Waals surface area (Å²) in [5.41, 5.74) is 0.639. The van der Waals surface area contributed by atoms with Crippen molar-refractivity contribution >= 4 is 15.9 Å². The molecule has 0 N–H and O–H groups in total. The number of hydrogen-bond acceptors (Lipinski definition) is 1. The highest BCUT2D eigenvalue weighted by Gasteiger charge is 2.18. The maximum Gasteiger partial charge on any atom is 0.129 e. The lowest BCUT2D eigenvalue weighted by atomic mass is 9.96. The summed E-state index contributed by atoms with van der Waals surface area (Å²) in [6, 6.07) is 5.07. The fourth-order valence-electron chi connectivity index (χ4n) is 1.38. The SMILES string of the molecule is Fc1cc(Br)ccc1COC1CCC1. The second-order valence-corrected chi connectivity index (χ2v) is 4.52. The zero-order chi connectivity index (χ0) is 9.97. The van der Waals surface area contributed by atoms with Crippen molar-refractivity contribution < 1.29 is 9.13 Å². The van der Waals surface area contributed by atoms with Gasteiger partial charge in [-0.2, -0.15) is 0 Å². The van der Waals surface area contributed by atoms with E-state index in [4.69, 9.17) is 4.74 Å². The van der Waals surface area contributed by atoms with Crippen molar-refractivity contribution in [2.75, 3.05) is 0 Å². The average molecular weight is 259 g/mol. The van der Waals surface area contributed by atoms with Crippen LogP contribution in [0.5, 0.6) is 0 Å². The van der Waals surface area contributed by atoms with Gasteiger partial charge in [-0.15, -0.1) is 0 Å². The molecule has 1 aromatic rings. The first-order chi connectivity index (χ1) is 6.75. The van der Waals surface area contributed by atoms with Crippen molar-refractivity contribution in [2.24, 2.45) is 0 Å². The molecular weight excluding hydrogens is 247 g/mol. The number of halogens is 2. The zero-order valence-corrected chi connectivity index (χ0v) is 9.39. The Morgan fingerprint density at radius 3 is 2.79 bits per heavy atom. The van der Waals surface area contributed by atoms with Gasteiger partial charge in [-0.05, 0) is 31.4 Å². The molecule has 1 saturated carbocycles. The first kappa shape index (κ1) is 10.1. The Hall–Kier alpha value is -0.410. The third kappa shape index (κ3) is 2.34. The molecule has 0 aromatic heterocycles. The van der Waals surface area contributed by atoms with Gasteiger partial charge in [0, 0.05) is 10.0 Å². The molecule has 0 radical (unpaired) electrons. The van der Waals surface area contributed by atoms with Crippen LogP contribution in [0.3, 0.4) is 0 Å². The maximum absolute atomic E-state index is 13.3. The molecule has 76 valence electrons. The lowest BCUT2D eigenvalue weighted by Crippen LogP contribution is -2.21. The van der Waals surface area contributed by atoms with E-state index in [-0.39, 0.29) is 5.82 Å². The molecule has 1 aliphatic rings. The van der Waals surface area contributed by atoms with Crippen molar-refractivity contribution in [2.45, 2.75) is 32.0 Å². The van der Waals surface area contributed by atoms with Crippen molar-refractivity contribution in [1.29, 1.82) is 0 Å². The summed E-state index contributed by atoms with van der Waals surface area (Å²) in [7, 11) is 0. The van der Waals surface area contributed by atoms with Gasteiger partial charge < -0.3 is 4.74 Å². The van der Waals surface area contributed by atoms with Crippen LogP contribution >= 0.6 is 15.9 Å². The molecule has 1 aromatic carbocycles. The molecule has 0 atom stereocenters. The lowest BCUT2D eigenvalue weighted by molar-refractivity contribution is -0.00976. The molecule has 0 bridgehead atoms. The fraction of sp³-hybridized carbons (Fsp3) is 0.455. The molecule has 0 saturated heterocycles. The Balaban J connectivity index is 1.94. The summed E-state index contributed by atoms with van der Waals surface area (Å²) in [5, 5.41) is 0. The van der Waals surface area contributed by atoms with E-state index in [1.54, 1.807) is 6.07 Å². The normalized spacial score (nSPS) is 16.7. The minimum absolute atomic E-state index is 0.196. The van der Waals surface area contributed by atoms with Crippen LogP contribution in [0.1, 0.15) is 24.8 Å². The third-order valence-electron chi connectivity index (χ3n) is 2.54. The first-order valence-corrected chi connectivity index (χ1v) is 5.60. The Morgan fingerprint density at radius 1 is 1.43 bits per heavy atom. The standard InChI is InChI=1S/C11H12BrFO/c12-9-5-4-8(11(13)6-9)7-14-10-2-1-3-10/h4-6,10H,1-3,7H2. The van der Waals surface area contributed by atoms with Crippen LogP contribution in [0.25, 0.3) is 0 Å². The van der Waals surface area contributed by atoms with E-state index in [1.807, 2.05) is 6.07 Å². The monoisotopic (exact) mass is 258 g/mol. The number of hydrogen-bond donors (Lipinski definition) is 0. The summed E-state index contributed by atoms with van der Waals surface area (Å²) >= 11 is 3.22. The summed E-state index contributed by atoms with van der Waals surface area (Å²) in [5.74, 6) is -0.196. The average Bonchev–Trinajstić information content (AvgIpc) is 2.05. The van der Waals surface area contributed by atoms with Crippen molar-refractivity contribution in [3.8, 4) is 0 Å². The minimum Gasteiger partial charge on any atom is -0.373 e. The second-order valence-electron chi connectivity index (χ2n) is 3.60. The van der Waals surface area contributed by atoms with Gasteiger partial charge in [-0.3, -0.25) is 0 Å². The quantitative estimate of drug-likeness (QED) is 0.804. The number of benzene rings is 1. The van der Waals surface area contributed by atoms with Crippen LogP contribution in [-0.2, 0) is 11.3 Å². The van der Waals surface area contributed by atoms with E-state index in [0.29, 0.717) is 18.3 Å². The van der Waals surface area contributed by atoms with E-state index < -0.39 is 0 Å². The molecule has 1 aliphatic carbocycles. The summed E-state index contributed by atoms with van der Waals surface area (Å²) in [6.07, 6.45) is 3.85. The maximum atomic E-state index is 13.3. The fourth-order valence-corrected chi connectivity index (χ4v) is 1.72. The highest BCUT2D eigenvalue weighted by molar-refractivity contribution is 9.10. The van der Waals surface area contributed by atoms with Gasteiger partial charge in [0.1, 0.15) is 5.82 Å². The van der Waals surface area contributed by atoms with Gasteiger partial charge >= 0.3 is 0 Å². The second kappa shape index (κ2) is 4.41. The molecule has 0 heterocycles. The van der Waals surface area contributed by atoms with Gasteiger partial charge in [-0.1, -0.05) is 22.0 Å². The Labute approximate surface area is 91.4 Å². The molecule has 1 fully saturated rings. The van der Waals surface area contributed by atoms with Crippen LogP contribution in [0, 0.1) is 5.82 Å². The molecule has 0 unspecified atom stereocenters. The largest absolute Gasteiger partial charge is 0.373 e. The molecule has 3 heteroatoms. The molecule has 0 spiro atoms. The van der Waals surface area contributed by atoms with Crippen LogP contribution in [0.15, 0.2) is 22.7 Å². The van der Waals surface area contributed by atoms with Crippen LogP contribution in [0.4, 0.5) is 4.39 Å². The molecule has 1 nitrogen and oxygen atoms in total. The van der Waals surface area contributed by atoms with E-state index in [1.165, 1.54) is 12.5 Å². The summed E-state index contributed by atoms with van der Waals surface area (Å²) in [6.45, 7) is 0.393. The molecule has 0 aliphatic heterocycles. The van der Waals surface area contributed by atoms with Crippen LogP contribution < -0.4 is 0 Å². The predicted molar refractivity (Wildman–Crippen MR) is 56.5 cm³/mol. The first-order valence-electron chi connectivity index (χ1n) is 4.81. The van der Waals surface area contributed by atoms with Crippen LogP contribution in [-0.4, -0.2) is 6.10 Å². The zero-order valence-electron chi connectivity index (χ0n) is 7.80. The Morgan fingerprint density at radius 2 is 2.21 bits per heavy atom. The van der Waals surface area contributed by atoms with Gasteiger partial charge in [0.2, 0.25) is 0 Å². The van der Waals surface area contributed by atoms with E-state index in [0.717, 1.165) is 17.3 Å².